The SMILES string of the molecule is CNC(COCC1CCCCC1)C1CCOC1. The van der Waals surface area contributed by atoms with Crippen molar-refractivity contribution in [1.82, 2.24) is 5.32 Å². The minimum absolute atomic E-state index is 0.473. The maximum Gasteiger partial charge on any atom is 0.0623 e. The van der Waals surface area contributed by atoms with Crippen LogP contribution in [0.2, 0.25) is 0 Å². The highest BCUT2D eigenvalue weighted by Crippen LogP contribution is 2.24. The fourth-order valence-corrected chi connectivity index (χ4v) is 3.04. The van der Waals surface area contributed by atoms with Gasteiger partial charge >= 0.3 is 0 Å². The second-order valence-corrected chi connectivity index (χ2v) is 5.56. The van der Waals surface area contributed by atoms with Gasteiger partial charge in [0.2, 0.25) is 0 Å². The molecule has 0 aromatic heterocycles. The van der Waals surface area contributed by atoms with Crippen LogP contribution in [0.15, 0.2) is 0 Å². The molecular formula is C14H27NO2. The predicted octanol–water partition coefficient (Wildman–Crippen LogP) is 2.21. The van der Waals surface area contributed by atoms with Crippen molar-refractivity contribution in [1.29, 1.82) is 0 Å². The van der Waals surface area contributed by atoms with Gasteiger partial charge in [-0.3, -0.25) is 0 Å². The summed E-state index contributed by atoms with van der Waals surface area (Å²) in [6.07, 6.45) is 8.15. The van der Waals surface area contributed by atoms with Crippen LogP contribution in [0.25, 0.3) is 0 Å². The molecule has 3 nitrogen and oxygen atoms in total. The molecule has 0 spiro atoms. The van der Waals surface area contributed by atoms with Gasteiger partial charge in [0.05, 0.1) is 13.2 Å². The van der Waals surface area contributed by atoms with Crippen LogP contribution in [-0.2, 0) is 9.47 Å². The first-order valence-electron chi connectivity index (χ1n) is 7.23. The quantitative estimate of drug-likeness (QED) is 0.773. The molecule has 2 aliphatic rings. The van der Waals surface area contributed by atoms with Crippen LogP contribution in [0.1, 0.15) is 38.5 Å². The number of hydrogen-bond donors (Lipinski definition) is 1. The molecule has 17 heavy (non-hydrogen) atoms. The molecule has 1 saturated heterocycles. The highest BCUT2D eigenvalue weighted by molar-refractivity contribution is 4.78. The molecule has 1 N–H and O–H groups in total. The molecule has 0 amide bonds. The second kappa shape index (κ2) is 7.34. The summed E-state index contributed by atoms with van der Waals surface area (Å²) < 4.78 is 11.4. The zero-order valence-electron chi connectivity index (χ0n) is 11.1. The van der Waals surface area contributed by atoms with Crippen molar-refractivity contribution >= 4 is 0 Å². The van der Waals surface area contributed by atoms with Gasteiger partial charge in [0, 0.05) is 25.2 Å². The van der Waals surface area contributed by atoms with Crippen molar-refractivity contribution in [2.45, 2.75) is 44.6 Å². The van der Waals surface area contributed by atoms with Crippen molar-refractivity contribution in [2.75, 3.05) is 33.5 Å². The molecule has 0 aromatic carbocycles. The van der Waals surface area contributed by atoms with E-state index >= 15 is 0 Å². The Labute approximate surface area is 105 Å². The number of hydrogen-bond acceptors (Lipinski definition) is 3. The van der Waals surface area contributed by atoms with Gasteiger partial charge in [-0.2, -0.15) is 0 Å². The Hall–Kier alpha value is -0.120. The van der Waals surface area contributed by atoms with E-state index in [1.807, 2.05) is 7.05 Å². The molecule has 1 aliphatic heterocycles. The van der Waals surface area contributed by atoms with Crippen LogP contribution in [0, 0.1) is 11.8 Å². The molecule has 100 valence electrons. The number of ether oxygens (including phenoxy) is 2. The zero-order valence-corrected chi connectivity index (χ0v) is 11.1. The molecule has 1 saturated carbocycles. The third-order valence-corrected chi connectivity index (χ3v) is 4.28. The Morgan fingerprint density at radius 2 is 2.06 bits per heavy atom. The summed E-state index contributed by atoms with van der Waals surface area (Å²) in [7, 11) is 2.03. The lowest BCUT2D eigenvalue weighted by Gasteiger charge is -2.25. The molecule has 0 aromatic rings. The van der Waals surface area contributed by atoms with E-state index in [0.717, 1.165) is 32.3 Å². The lowest BCUT2D eigenvalue weighted by molar-refractivity contribution is 0.0564. The summed E-state index contributed by atoms with van der Waals surface area (Å²) in [6.45, 7) is 3.64. The van der Waals surface area contributed by atoms with E-state index in [-0.39, 0.29) is 0 Å². The highest BCUT2D eigenvalue weighted by atomic mass is 16.5. The summed E-state index contributed by atoms with van der Waals surface area (Å²) in [5.41, 5.74) is 0. The van der Waals surface area contributed by atoms with Crippen LogP contribution in [0.4, 0.5) is 0 Å². The third-order valence-electron chi connectivity index (χ3n) is 4.28. The zero-order chi connectivity index (χ0) is 11.9. The number of likely N-dealkylation sites (N-methyl/N-ethyl adjacent to an activating group) is 1. The molecule has 2 rings (SSSR count). The lowest BCUT2D eigenvalue weighted by atomic mass is 9.90. The van der Waals surface area contributed by atoms with E-state index in [1.54, 1.807) is 0 Å². The van der Waals surface area contributed by atoms with Crippen LogP contribution in [0.5, 0.6) is 0 Å². The van der Waals surface area contributed by atoms with Gasteiger partial charge in [-0.1, -0.05) is 19.3 Å². The van der Waals surface area contributed by atoms with Crippen LogP contribution in [-0.4, -0.2) is 39.5 Å². The Kier molecular flexibility index (Phi) is 5.75. The maximum atomic E-state index is 5.92. The monoisotopic (exact) mass is 241 g/mol. The fraction of sp³-hybridized carbons (Fsp3) is 1.00. The Balaban J connectivity index is 1.61. The fourth-order valence-electron chi connectivity index (χ4n) is 3.04. The van der Waals surface area contributed by atoms with Gasteiger partial charge in [0.25, 0.3) is 0 Å². The number of rotatable bonds is 6. The Morgan fingerprint density at radius 1 is 1.24 bits per heavy atom. The number of nitrogens with one attached hydrogen (secondary N) is 1. The smallest absolute Gasteiger partial charge is 0.0623 e. The van der Waals surface area contributed by atoms with Crippen LogP contribution < -0.4 is 5.32 Å². The normalized spacial score (nSPS) is 28.4. The van der Waals surface area contributed by atoms with Gasteiger partial charge < -0.3 is 14.8 Å². The first kappa shape index (κ1) is 13.3. The van der Waals surface area contributed by atoms with E-state index in [4.69, 9.17) is 9.47 Å². The summed E-state index contributed by atoms with van der Waals surface area (Å²) in [4.78, 5) is 0. The highest BCUT2D eigenvalue weighted by Gasteiger charge is 2.25. The van der Waals surface area contributed by atoms with Crippen LogP contribution in [0.3, 0.4) is 0 Å². The minimum atomic E-state index is 0.473. The van der Waals surface area contributed by atoms with E-state index in [9.17, 15) is 0 Å². The first-order valence-corrected chi connectivity index (χ1v) is 7.23. The largest absolute Gasteiger partial charge is 0.381 e. The molecule has 1 aliphatic carbocycles. The second-order valence-electron chi connectivity index (χ2n) is 5.56. The van der Waals surface area contributed by atoms with Gasteiger partial charge in [0.1, 0.15) is 0 Å². The van der Waals surface area contributed by atoms with Gasteiger partial charge in [0.15, 0.2) is 0 Å². The van der Waals surface area contributed by atoms with Gasteiger partial charge in [-0.05, 0) is 32.2 Å². The van der Waals surface area contributed by atoms with E-state index in [0.29, 0.717) is 12.0 Å². The van der Waals surface area contributed by atoms with E-state index in [2.05, 4.69) is 5.32 Å². The lowest BCUT2D eigenvalue weighted by Crippen LogP contribution is -2.38. The van der Waals surface area contributed by atoms with E-state index < -0.39 is 0 Å². The van der Waals surface area contributed by atoms with Gasteiger partial charge in [-0.25, -0.2) is 0 Å². The average Bonchev–Trinajstić information content (AvgIpc) is 2.90. The standard InChI is InChI=1S/C14H27NO2/c1-15-14(13-7-8-16-10-13)11-17-9-12-5-3-2-4-6-12/h12-15H,2-11H2,1H3. The average molecular weight is 241 g/mol. The molecule has 1 heterocycles. The summed E-state index contributed by atoms with van der Waals surface area (Å²) in [6, 6.07) is 0.473. The van der Waals surface area contributed by atoms with E-state index in [1.165, 1.54) is 38.5 Å². The molecule has 2 atom stereocenters. The molecular weight excluding hydrogens is 214 g/mol. The van der Waals surface area contributed by atoms with Crippen molar-refractivity contribution < 1.29 is 9.47 Å². The molecule has 2 unspecified atom stereocenters. The molecule has 0 bridgehead atoms. The van der Waals surface area contributed by atoms with Crippen molar-refractivity contribution in [2.24, 2.45) is 11.8 Å². The molecule has 3 heteroatoms. The molecule has 0 radical (unpaired) electrons. The van der Waals surface area contributed by atoms with Crippen LogP contribution >= 0.6 is 0 Å². The Bertz CT molecular complexity index is 198. The minimum Gasteiger partial charge on any atom is -0.381 e. The predicted molar refractivity (Wildman–Crippen MR) is 69.2 cm³/mol. The van der Waals surface area contributed by atoms with Crippen molar-refractivity contribution in [3.8, 4) is 0 Å². The molecule has 2 fully saturated rings. The van der Waals surface area contributed by atoms with Crippen molar-refractivity contribution in [3.05, 3.63) is 0 Å². The Morgan fingerprint density at radius 3 is 2.71 bits per heavy atom. The first-order chi connectivity index (χ1) is 8.40. The van der Waals surface area contributed by atoms with Crippen molar-refractivity contribution in [3.63, 3.8) is 0 Å². The van der Waals surface area contributed by atoms with Gasteiger partial charge in [-0.15, -0.1) is 0 Å². The topological polar surface area (TPSA) is 30.5 Å². The third kappa shape index (κ3) is 4.23. The maximum absolute atomic E-state index is 5.92. The summed E-state index contributed by atoms with van der Waals surface area (Å²) >= 11 is 0. The summed E-state index contributed by atoms with van der Waals surface area (Å²) in [5.74, 6) is 1.47. The summed E-state index contributed by atoms with van der Waals surface area (Å²) in [5, 5.41) is 3.38.